The smallest absolute Gasteiger partial charge is 0.334 e. The summed E-state index contributed by atoms with van der Waals surface area (Å²) in [6.07, 6.45) is -1.69. The first-order chi connectivity index (χ1) is 20.7. The van der Waals surface area contributed by atoms with Gasteiger partial charge in [-0.25, -0.2) is 8.42 Å². The first-order valence-corrected chi connectivity index (χ1v) is 16.3. The van der Waals surface area contributed by atoms with Gasteiger partial charge in [0.25, 0.3) is 5.89 Å². The van der Waals surface area contributed by atoms with Crippen LogP contribution in [-0.4, -0.2) is 28.9 Å². The largest absolute Gasteiger partial charge is 0.425 e. The molecule has 11 heteroatoms. The van der Waals surface area contributed by atoms with Crippen LogP contribution < -0.4 is 0 Å². The first kappa shape index (κ1) is 29.3. The number of benzene rings is 3. The second kappa shape index (κ2) is 12.1. The third-order valence-electron chi connectivity index (χ3n) is 7.52. The number of hydrogen-bond donors (Lipinski definition) is 0. The molecule has 0 saturated heterocycles. The van der Waals surface area contributed by atoms with Crippen molar-refractivity contribution in [1.29, 1.82) is 0 Å². The molecule has 1 saturated carbocycles. The molecule has 6 nitrogen and oxygen atoms in total. The molecule has 0 unspecified atom stereocenters. The van der Waals surface area contributed by atoms with Gasteiger partial charge in [-0.2, -0.15) is 22.5 Å². The van der Waals surface area contributed by atoms with E-state index < -0.39 is 21.1 Å². The van der Waals surface area contributed by atoms with E-state index in [0.29, 0.717) is 16.9 Å². The van der Waals surface area contributed by atoms with Crippen LogP contribution in [0.1, 0.15) is 46.4 Å². The van der Waals surface area contributed by atoms with Crippen LogP contribution in [-0.2, 0) is 34.9 Å². The number of alkyl halides is 3. The van der Waals surface area contributed by atoms with Crippen molar-refractivity contribution < 1.29 is 26.1 Å². The lowest BCUT2D eigenvalue weighted by molar-refractivity contribution is -0.134. The number of aromatic nitrogens is 2. The van der Waals surface area contributed by atoms with Crippen molar-refractivity contribution in [3.05, 3.63) is 118 Å². The van der Waals surface area contributed by atoms with Gasteiger partial charge in [0.05, 0.1) is 10.6 Å². The zero-order chi connectivity index (χ0) is 30.0. The Morgan fingerprint density at radius 2 is 1.53 bits per heavy atom. The Morgan fingerprint density at radius 3 is 2.14 bits per heavy atom. The van der Waals surface area contributed by atoms with Crippen LogP contribution in [0.3, 0.4) is 0 Å². The zero-order valence-corrected chi connectivity index (χ0v) is 24.6. The summed E-state index contributed by atoms with van der Waals surface area (Å²) in [6, 6.07) is 26.7. The van der Waals surface area contributed by atoms with Crippen molar-refractivity contribution in [1.82, 2.24) is 14.4 Å². The van der Waals surface area contributed by atoms with Gasteiger partial charge < -0.3 is 4.52 Å². The van der Waals surface area contributed by atoms with Crippen molar-refractivity contribution in [2.45, 2.75) is 50.2 Å². The van der Waals surface area contributed by atoms with Gasteiger partial charge >= 0.3 is 6.18 Å². The van der Waals surface area contributed by atoms with Gasteiger partial charge in [-0.15, -0.1) is 11.3 Å². The molecule has 0 N–H and O–H groups in total. The molecule has 5 aromatic rings. The van der Waals surface area contributed by atoms with E-state index in [9.17, 15) is 21.6 Å². The Balaban J connectivity index is 1.20. The Hall–Kier alpha value is -3.80. The van der Waals surface area contributed by atoms with Gasteiger partial charge in [0.2, 0.25) is 15.8 Å². The lowest BCUT2D eigenvalue weighted by Crippen LogP contribution is -2.44. The topological polar surface area (TPSA) is 76.3 Å². The molecule has 6 rings (SSSR count). The van der Waals surface area contributed by atoms with E-state index in [4.69, 9.17) is 4.52 Å². The molecule has 222 valence electrons. The number of sulfonamides is 1. The monoisotopic (exact) mass is 623 g/mol. The summed E-state index contributed by atoms with van der Waals surface area (Å²) in [4.78, 5) is 3.97. The maximum absolute atomic E-state index is 13.8. The number of rotatable bonds is 10. The lowest BCUT2D eigenvalue weighted by atomic mass is 9.93. The number of nitrogens with zero attached hydrogens (tertiary/aromatic N) is 3. The molecule has 0 bridgehead atoms. The van der Waals surface area contributed by atoms with Crippen molar-refractivity contribution in [3.8, 4) is 22.2 Å². The summed E-state index contributed by atoms with van der Waals surface area (Å²) in [5.41, 5.74) is 3.07. The third kappa shape index (κ3) is 6.74. The van der Waals surface area contributed by atoms with Gasteiger partial charge in [-0.1, -0.05) is 84.4 Å². The minimum absolute atomic E-state index is 0.0222. The van der Waals surface area contributed by atoms with Gasteiger partial charge in [0.15, 0.2) is 0 Å². The first-order valence-electron chi connectivity index (χ1n) is 13.9. The van der Waals surface area contributed by atoms with E-state index in [1.807, 2.05) is 48.5 Å². The van der Waals surface area contributed by atoms with E-state index in [1.165, 1.54) is 6.07 Å². The summed E-state index contributed by atoms with van der Waals surface area (Å²) in [7, 11) is -3.54. The minimum atomic E-state index is -4.50. The molecule has 1 fully saturated rings. The predicted octanol–water partition coefficient (Wildman–Crippen LogP) is 7.96. The average Bonchev–Trinajstić information content (AvgIpc) is 3.61. The maximum atomic E-state index is 13.8. The summed E-state index contributed by atoms with van der Waals surface area (Å²) < 4.78 is 75.3. The molecule has 1 aliphatic carbocycles. The Morgan fingerprint density at radius 1 is 0.884 bits per heavy atom. The maximum Gasteiger partial charge on any atom is 0.425 e. The van der Waals surface area contributed by atoms with Crippen LogP contribution in [0.15, 0.2) is 95.5 Å². The highest BCUT2D eigenvalue weighted by atomic mass is 32.2. The molecule has 0 aliphatic heterocycles. The van der Waals surface area contributed by atoms with Crippen LogP contribution in [0.25, 0.3) is 22.2 Å². The van der Waals surface area contributed by atoms with Crippen molar-refractivity contribution in [3.63, 3.8) is 0 Å². The van der Waals surface area contributed by atoms with Gasteiger partial charge in [-0.05, 0) is 59.7 Å². The Kier molecular flexibility index (Phi) is 8.21. The standard InChI is InChI=1S/C32H28F3N3O3S2/c33-32(34,35)29-26(18-22-8-3-1-4-9-22)19-28(42-29)30-36-31(41-37-30)25-16-14-23(15-17-25)20-38(27-12-7-13-27)43(39,40)21-24-10-5-2-6-11-24/h1-6,8-11,14-17,19,27H,7,12-13,18,20-21H2. The fraction of sp³-hybridized carbons (Fsp3) is 0.250. The molecule has 3 aromatic carbocycles. The Labute approximate surface area is 251 Å². The fourth-order valence-corrected chi connectivity index (χ4v) is 7.86. The van der Waals surface area contributed by atoms with E-state index in [2.05, 4.69) is 10.1 Å². The molecule has 0 spiro atoms. The molecule has 43 heavy (non-hydrogen) atoms. The summed E-state index contributed by atoms with van der Waals surface area (Å²) in [5, 5.41) is 3.96. The molecule has 2 heterocycles. The van der Waals surface area contributed by atoms with Crippen LogP contribution in [0.5, 0.6) is 0 Å². The third-order valence-corrected chi connectivity index (χ3v) is 10.6. The minimum Gasteiger partial charge on any atom is -0.334 e. The van der Waals surface area contributed by atoms with E-state index in [1.54, 1.807) is 40.7 Å². The quantitative estimate of drug-likeness (QED) is 0.158. The highest BCUT2D eigenvalue weighted by Gasteiger charge is 2.37. The van der Waals surface area contributed by atoms with Crippen molar-refractivity contribution in [2.75, 3.05) is 0 Å². The van der Waals surface area contributed by atoms with Crippen LogP contribution in [0.2, 0.25) is 0 Å². The highest BCUT2D eigenvalue weighted by molar-refractivity contribution is 7.88. The Bertz CT molecular complexity index is 1780. The molecule has 0 atom stereocenters. The molecule has 0 amide bonds. The number of thiophene rings is 1. The van der Waals surface area contributed by atoms with Crippen LogP contribution in [0.4, 0.5) is 13.2 Å². The SMILES string of the molecule is O=S(=O)(Cc1ccccc1)N(Cc1ccc(-c2nc(-c3cc(Cc4ccccc4)c(C(F)(F)F)s3)no2)cc1)C1CCC1. The van der Waals surface area contributed by atoms with Crippen molar-refractivity contribution >= 4 is 21.4 Å². The van der Waals surface area contributed by atoms with E-state index >= 15 is 0 Å². The summed E-state index contributed by atoms with van der Waals surface area (Å²) in [5.74, 6) is 0.191. The van der Waals surface area contributed by atoms with Gasteiger partial charge in [-0.3, -0.25) is 0 Å². The van der Waals surface area contributed by atoms with Crippen LogP contribution >= 0.6 is 11.3 Å². The number of hydrogen-bond acceptors (Lipinski definition) is 6. The molecular formula is C32H28F3N3O3S2. The predicted molar refractivity (Wildman–Crippen MR) is 160 cm³/mol. The van der Waals surface area contributed by atoms with Crippen LogP contribution in [0, 0.1) is 0 Å². The zero-order valence-electron chi connectivity index (χ0n) is 23.0. The molecule has 0 radical (unpaired) electrons. The molecule has 2 aromatic heterocycles. The second-order valence-corrected chi connectivity index (χ2v) is 13.6. The van der Waals surface area contributed by atoms with E-state index in [-0.39, 0.29) is 46.9 Å². The normalized spacial score (nSPS) is 14.2. The highest BCUT2D eigenvalue weighted by Crippen LogP contribution is 2.42. The average molecular weight is 624 g/mol. The second-order valence-electron chi connectivity index (χ2n) is 10.6. The van der Waals surface area contributed by atoms with Crippen molar-refractivity contribution in [2.24, 2.45) is 0 Å². The van der Waals surface area contributed by atoms with Gasteiger partial charge in [0, 0.05) is 18.2 Å². The summed E-state index contributed by atoms with van der Waals surface area (Å²) in [6.45, 7) is 0.245. The number of halogens is 3. The van der Waals surface area contributed by atoms with E-state index in [0.717, 1.165) is 36.0 Å². The fourth-order valence-electron chi connectivity index (χ4n) is 5.10. The molecule has 1 aliphatic rings. The van der Waals surface area contributed by atoms with Gasteiger partial charge in [0.1, 0.15) is 4.88 Å². The lowest BCUT2D eigenvalue weighted by Gasteiger charge is -2.36. The molecular weight excluding hydrogens is 595 g/mol. The summed E-state index contributed by atoms with van der Waals surface area (Å²) >= 11 is 0.597.